The van der Waals surface area contributed by atoms with Crippen molar-refractivity contribution < 1.29 is 14.3 Å². The predicted octanol–water partition coefficient (Wildman–Crippen LogP) is 4.36. The van der Waals surface area contributed by atoms with Crippen LogP contribution in [0.4, 0.5) is 4.39 Å². The summed E-state index contributed by atoms with van der Waals surface area (Å²) < 4.78 is 16.9. The van der Waals surface area contributed by atoms with Crippen molar-refractivity contribution in [1.29, 1.82) is 0 Å². The van der Waals surface area contributed by atoms with Crippen LogP contribution in [-0.2, 0) is 6.54 Å². The highest BCUT2D eigenvalue weighted by atomic mass is 35.5. The Bertz CT molecular complexity index is 2040. The highest BCUT2D eigenvalue weighted by molar-refractivity contribution is 6.32. The molecule has 0 saturated carbocycles. The number of H-pyrrole nitrogens is 2. The van der Waals surface area contributed by atoms with Gasteiger partial charge >= 0.3 is 11.7 Å². The minimum absolute atomic E-state index is 0.0808. The van der Waals surface area contributed by atoms with Gasteiger partial charge in [-0.3, -0.25) is 4.79 Å². The third kappa shape index (κ3) is 3.45. The summed E-state index contributed by atoms with van der Waals surface area (Å²) in [7, 11) is 0. The number of para-hydroxylation sites is 1. The van der Waals surface area contributed by atoms with Crippen LogP contribution in [0.2, 0.25) is 5.02 Å². The number of aromatic carboxylic acids is 1. The molecule has 0 aliphatic rings. The van der Waals surface area contributed by atoms with Gasteiger partial charge in [0, 0.05) is 10.4 Å². The van der Waals surface area contributed by atoms with Crippen molar-refractivity contribution in [3.63, 3.8) is 0 Å². The number of hydrogen-bond donors (Lipinski definition) is 3. The van der Waals surface area contributed by atoms with Crippen molar-refractivity contribution in [1.82, 2.24) is 24.1 Å². The van der Waals surface area contributed by atoms with Crippen molar-refractivity contribution in [2.75, 3.05) is 0 Å². The van der Waals surface area contributed by atoms with Crippen molar-refractivity contribution in [2.24, 2.45) is 0 Å². The smallest absolute Gasteiger partial charge is 0.354 e. The molecule has 37 heavy (non-hydrogen) atoms. The first-order valence-corrected chi connectivity index (χ1v) is 11.5. The van der Waals surface area contributed by atoms with Gasteiger partial charge in [-0.2, -0.15) is 0 Å². The van der Waals surface area contributed by atoms with E-state index in [4.69, 9.17) is 11.6 Å². The maximum atomic E-state index is 14.8. The van der Waals surface area contributed by atoms with Crippen LogP contribution >= 0.6 is 11.6 Å². The Labute approximate surface area is 211 Å². The Morgan fingerprint density at radius 2 is 1.89 bits per heavy atom. The number of benzene rings is 3. The molecule has 0 amide bonds. The van der Waals surface area contributed by atoms with Crippen LogP contribution < -0.4 is 11.2 Å². The quantitative estimate of drug-likeness (QED) is 0.320. The third-order valence-electron chi connectivity index (χ3n) is 6.47. The van der Waals surface area contributed by atoms with E-state index in [0.29, 0.717) is 27.1 Å². The molecule has 6 rings (SSSR count). The van der Waals surface area contributed by atoms with Gasteiger partial charge in [-0.25, -0.2) is 23.5 Å². The molecule has 0 aliphatic heterocycles. The van der Waals surface area contributed by atoms with Crippen molar-refractivity contribution in [3.05, 3.63) is 103 Å². The highest BCUT2D eigenvalue weighted by Gasteiger charge is 2.28. The van der Waals surface area contributed by atoms with Gasteiger partial charge in [0.15, 0.2) is 5.69 Å². The van der Waals surface area contributed by atoms with E-state index in [9.17, 15) is 23.9 Å². The maximum absolute atomic E-state index is 14.8. The van der Waals surface area contributed by atoms with E-state index in [1.165, 1.54) is 36.0 Å². The van der Waals surface area contributed by atoms with E-state index in [-0.39, 0.29) is 39.8 Å². The molecule has 3 heterocycles. The number of nitrogens with one attached hydrogen (secondary N) is 2. The topological polar surface area (TPSA) is 126 Å². The van der Waals surface area contributed by atoms with Crippen LogP contribution in [0.3, 0.4) is 0 Å². The summed E-state index contributed by atoms with van der Waals surface area (Å²) >= 11 is 6.50. The summed E-state index contributed by atoms with van der Waals surface area (Å²) in [5, 5.41) is 11.1. The number of carboxylic acid groups (broad SMARTS) is 1. The molecule has 0 unspecified atom stereocenters. The van der Waals surface area contributed by atoms with Crippen molar-refractivity contribution >= 4 is 50.4 Å². The van der Waals surface area contributed by atoms with E-state index in [0.717, 1.165) is 4.57 Å². The zero-order valence-corrected chi connectivity index (χ0v) is 19.9. The second-order valence-corrected chi connectivity index (χ2v) is 9.09. The van der Waals surface area contributed by atoms with Crippen LogP contribution in [0, 0.1) is 12.7 Å². The summed E-state index contributed by atoms with van der Waals surface area (Å²) in [5.41, 5.74) is 0.530. The summed E-state index contributed by atoms with van der Waals surface area (Å²) in [6, 6.07) is 12.4. The maximum Gasteiger partial charge on any atom is 0.354 e. The SMILES string of the molecule is Cc1cc2c(-n3c(=O)[nH]c4ccccc4c3=O)c(C(=O)O)n(Cc3cc4nc[nH]c4cc3Cl)c2cc1F. The molecule has 3 aromatic heterocycles. The highest BCUT2D eigenvalue weighted by Crippen LogP contribution is 2.33. The predicted molar refractivity (Wildman–Crippen MR) is 138 cm³/mol. The number of rotatable bonds is 4. The van der Waals surface area contributed by atoms with Crippen molar-refractivity contribution in [2.45, 2.75) is 13.5 Å². The lowest BCUT2D eigenvalue weighted by Crippen LogP contribution is -2.34. The van der Waals surface area contributed by atoms with Crippen molar-refractivity contribution in [3.8, 4) is 5.69 Å². The van der Waals surface area contributed by atoms with E-state index in [2.05, 4.69) is 15.0 Å². The summed E-state index contributed by atoms with van der Waals surface area (Å²) in [5.74, 6) is -1.97. The number of aromatic amines is 2. The van der Waals surface area contributed by atoms with Gasteiger partial charge in [0.1, 0.15) is 5.82 Å². The van der Waals surface area contributed by atoms with E-state index in [1.54, 1.807) is 30.3 Å². The van der Waals surface area contributed by atoms with Gasteiger partial charge < -0.3 is 19.6 Å². The first-order chi connectivity index (χ1) is 17.7. The molecule has 0 bridgehead atoms. The van der Waals surface area contributed by atoms with Crippen LogP contribution in [-0.4, -0.2) is 35.2 Å². The molecular weight excluding hydrogens is 501 g/mol. The fraction of sp³-hybridized carbons (Fsp3) is 0.0769. The van der Waals surface area contributed by atoms with Crippen LogP contribution in [0.25, 0.3) is 38.5 Å². The number of hydrogen-bond acceptors (Lipinski definition) is 4. The zero-order valence-electron chi connectivity index (χ0n) is 19.2. The molecule has 0 spiro atoms. The number of nitrogens with zero attached hydrogens (tertiary/aromatic N) is 3. The fourth-order valence-electron chi connectivity index (χ4n) is 4.72. The molecule has 0 aliphatic carbocycles. The molecule has 0 atom stereocenters. The summed E-state index contributed by atoms with van der Waals surface area (Å²) in [6.07, 6.45) is 1.51. The Morgan fingerprint density at radius 1 is 1.11 bits per heavy atom. The van der Waals surface area contributed by atoms with Gasteiger partial charge in [-0.05, 0) is 54.4 Å². The van der Waals surface area contributed by atoms with Crippen LogP contribution in [0.1, 0.15) is 21.6 Å². The molecular formula is C26H17ClFN5O4. The third-order valence-corrected chi connectivity index (χ3v) is 6.82. The lowest BCUT2D eigenvalue weighted by Gasteiger charge is -2.12. The lowest BCUT2D eigenvalue weighted by molar-refractivity contribution is 0.0686. The van der Waals surface area contributed by atoms with Gasteiger partial charge in [-0.15, -0.1) is 0 Å². The molecule has 9 nitrogen and oxygen atoms in total. The molecule has 0 radical (unpaired) electrons. The first-order valence-electron chi connectivity index (χ1n) is 11.2. The van der Waals surface area contributed by atoms with Crippen LogP contribution in [0.15, 0.2) is 64.4 Å². The number of fused-ring (bicyclic) bond motifs is 3. The number of aromatic nitrogens is 5. The molecule has 3 aromatic carbocycles. The molecule has 0 saturated heterocycles. The monoisotopic (exact) mass is 517 g/mol. The van der Waals surface area contributed by atoms with Gasteiger partial charge in [-0.1, -0.05) is 23.7 Å². The molecule has 0 fully saturated rings. The van der Waals surface area contributed by atoms with Gasteiger partial charge in [0.2, 0.25) is 0 Å². The lowest BCUT2D eigenvalue weighted by atomic mass is 10.1. The standard InChI is InChI=1S/C26H17ClFN5O4/c1-12-6-15-21(9-17(12)28)32(10-13-7-19-20(8-16(13)27)30-11-29-19)23(25(35)36)22(15)33-24(34)14-4-2-3-5-18(14)31-26(33)37/h2-9,11H,10H2,1H3,(H,29,30)(H,31,37)(H,35,36). The van der Waals surface area contributed by atoms with Gasteiger partial charge in [0.05, 0.1) is 46.0 Å². The van der Waals surface area contributed by atoms with Gasteiger partial charge in [0.25, 0.3) is 5.56 Å². The van der Waals surface area contributed by atoms with Crippen LogP contribution in [0.5, 0.6) is 0 Å². The number of carbonyl (C=O) groups is 1. The summed E-state index contributed by atoms with van der Waals surface area (Å²) in [6.45, 7) is 1.44. The Morgan fingerprint density at radius 3 is 2.68 bits per heavy atom. The minimum Gasteiger partial charge on any atom is -0.477 e. The minimum atomic E-state index is -1.40. The van der Waals surface area contributed by atoms with E-state index < -0.39 is 23.0 Å². The number of imidazole rings is 1. The Kier molecular flexibility index (Phi) is 5.02. The summed E-state index contributed by atoms with van der Waals surface area (Å²) in [4.78, 5) is 49.2. The number of carboxylic acids is 1. The van der Waals surface area contributed by atoms with E-state index >= 15 is 0 Å². The number of halogens is 2. The Balaban J connectivity index is 1.73. The largest absolute Gasteiger partial charge is 0.477 e. The number of aryl methyl sites for hydroxylation is 1. The molecule has 11 heteroatoms. The Hall–Kier alpha value is -4.70. The first kappa shape index (κ1) is 22.7. The zero-order chi connectivity index (χ0) is 26.0. The average Bonchev–Trinajstić information content (AvgIpc) is 3.42. The second kappa shape index (κ2) is 8.17. The van der Waals surface area contributed by atoms with E-state index in [1.807, 2.05) is 0 Å². The molecule has 3 N–H and O–H groups in total. The normalized spacial score (nSPS) is 11.6. The second-order valence-electron chi connectivity index (χ2n) is 8.69. The molecule has 184 valence electrons. The fourth-order valence-corrected chi connectivity index (χ4v) is 4.95. The molecule has 6 aromatic rings. The average molecular weight is 518 g/mol.